The van der Waals surface area contributed by atoms with Crippen LogP contribution in [-0.4, -0.2) is 56.2 Å². The third kappa shape index (κ3) is 4.73. The normalized spacial score (nSPS) is 17.1. The quantitative estimate of drug-likeness (QED) is 0.437. The summed E-state index contributed by atoms with van der Waals surface area (Å²) in [5.74, 6) is 0.111. The second-order valence-electron chi connectivity index (χ2n) is 8.59. The number of fused-ring (bicyclic) bond motifs is 1. The van der Waals surface area contributed by atoms with Crippen LogP contribution in [0.3, 0.4) is 0 Å². The molecule has 0 radical (unpaired) electrons. The van der Waals surface area contributed by atoms with Crippen molar-refractivity contribution in [2.24, 2.45) is 0 Å². The second-order valence-corrected chi connectivity index (χ2v) is 9.47. The molecule has 6 nitrogen and oxygen atoms in total. The molecule has 1 heterocycles. The Kier molecular flexibility index (Phi) is 7.36. The molecule has 3 aromatic carbocycles. The summed E-state index contributed by atoms with van der Waals surface area (Å²) in [6.45, 7) is 0.467. The Labute approximate surface area is 210 Å². The lowest BCUT2D eigenvalue weighted by molar-refractivity contribution is -0.133. The Balaban J connectivity index is 1.85. The lowest BCUT2D eigenvalue weighted by Crippen LogP contribution is -2.46. The molecule has 7 heteroatoms. The van der Waals surface area contributed by atoms with Gasteiger partial charge in [0.05, 0.1) is 26.2 Å². The van der Waals surface area contributed by atoms with Crippen molar-refractivity contribution in [1.29, 1.82) is 0 Å². The van der Waals surface area contributed by atoms with E-state index in [0.717, 1.165) is 16.0 Å². The maximum Gasteiger partial charge on any atom is 0.254 e. The van der Waals surface area contributed by atoms with Crippen LogP contribution in [-0.2, 0) is 11.3 Å². The van der Waals surface area contributed by atoms with Crippen molar-refractivity contribution in [3.8, 4) is 11.5 Å². The largest absolute Gasteiger partial charge is 0.493 e. The van der Waals surface area contributed by atoms with E-state index in [1.165, 1.54) is 7.11 Å². The third-order valence-electron chi connectivity index (χ3n) is 6.54. The summed E-state index contributed by atoms with van der Waals surface area (Å²) in [5.41, 5.74) is 3.05. The smallest absolute Gasteiger partial charge is 0.254 e. The number of hydrogen-bond donors (Lipinski definition) is 0. The monoisotopic (exact) mass is 490 g/mol. The Morgan fingerprint density at radius 1 is 1.00 bits per heavy atom. The van der Waals surface area contributed by atoms with Crippen LogP contribution in [0.15, 0.2) is 71.6 Å². The first-order valence-electron chi connectivity index (χ1n) is 11.4. The Morgan fingerprint density at radius 3 is 2.23 bits per heavy atom. The molecule has 0 N–H and O–H groups in total. The third-order valence-corrected chi connectivity index (χ3v) is 7.28. The highest BCUT2D eigenvalue weighted by Crippen LogP contribution is 2.46. The first-order chi connectivity index (χ1) is 16.9. The average molecular weight is 491 g/mol. The first kappa shape index (κ1) is 24.7. The fourth-order valence-electron chi connectivity index (χ4n) is 4.71. The molecule has 0 bridgehead atoms. The van der Waals surface area contributed by atoms with E-state index >= 15 is 0 Å². The van der Waals surface area contributed by atoms with Crippen LogP contribution >= 0.6 is 11.8 Å². The van der Waals surface area contributed by atoms with Crippen LogP contribution in [0.1, 0.15) is 39.0 Å². The molecule has 35 heavy (non-hydrogen) atoms. The number of thioether (sulfide) groups is 1. The molecule has 182 valence electrons. The Bertz CT molecular complexity index is 1210. The van der Waals surface area contributed by atoms with Crippen LogP contribution in [0.5, 0.6) is 11.5 Å². The van der Waals surface area contributed by atoms with Gasteiger partial charge in [0.1, 0.15) is 0 Å². The highest BCUT2D eigenvalue weighted by atomic mass is 32.2. The average Bonchev–Trinajstić information content (AvgIpc) is 2.90. The topological polar surface area (TPSA) is 59.1 Å². The molecule has 0 aliphatic carbocycles. The van der Waals surface area contributed by atoms with E-state index in [9.17, 15) is 9.59 Å². The fourth-order valence-corrected chi connectivity index (χ4v) is 5.11. The van der Waals surface area contributed by atoms with Crippen LogP contribution in [0.2, 0.25) is 0 Å². The summed E-state index contributed by atoms with van der Waals surface area (Å²) in [4.78, 5) is 32.1. The van der Waals surface area contributed by atoms with Gasteiger partial charge in [-0.05, 0) is 47.2 Å². The number of rotatable bonds is 7. The van der Waals surface area contributed by atoms with Crippen molar-refractivity contribution in [1.82, 2.24) is 9.80 Å². The van der Waals surface area contributed by atoms with Gasteiger partial charge in [0.25, 0.3) is 5.91 Å². The van der Waals surface area contributed by atoms with E-state index in [1.807, 2.05) is 60.9 Å². The van der Waals surface area contributed by atoms with E-state index in [4.69, 9.17) is 9.47 Å². The van der Waals surface area contributed by atoms with E-state index in [-0.39, 0.29) is 11.8 Å². The Hall–Kier alpha value is -3.45. The standard InChI is InChI=1S/C28H30N2O4S/c1-29(17-18-9-7-6-8-10-18)28(32)25-21-15-23(33-3)24(34-4)16-22(21)27(31)30(2)26(25)19-11-13-20(35-5)14-12-19/h6-16,25-26H,17H2,1-5H3/t25-,26+/m1/s1. The number of ether oxygens (including phenoxy) is 2. The van der Waals surface area contributed by atoms with Crippen molar-refractivity contribution in [3.05, 3.63) is 89.0 Å². The lowest BCUT2D eigenvalue weighted by Gasteiger charge is -2.41. The number of carbonyl (C=O) groups is 2. The number of benzene rings is 3. The van der Waals surface area contributed by atoms with Crippen LogP contribution < -0.4 is 9.47 Å². The minimum atomic E-state index is -0.610. The predicted molar refractivity (Wildman–Crippen MR) is 138 cm³/mol. The highest BCUT2D eigenvalue weighted by molar-refractivity contribution is 7.98. The molecule has 0 fully saturated rings. The summed E-state index contributed by atoms with van der Waals surface area (Å²) in [6, 6.07) is 20.9. The van der Waals surface area contributed by atoms with Gasteiger partial charge < -0.3 is 19.3 Å². The van der Waals surface area contributed by atoms with Gasteiger partial charge >= 0.3 is 0 Å². The Morgan fingerprint density at radius 2 is 1.63 bits per heavy atom. The van der Waals surface area contributed by atoms with Crippen LogP contribution in [0.4, 0.5) is 0 Å². The molecule has 2 atom stereocenters. The minimum absolute atomic E-state index is 0.0689. The molecular formula is C28H30N2O4S. The number of carbonyl (C=O) groups excluding carboxylic acids is 2. The summed E-state index contributed by atoms with van der Waals surface area (Å²) in [7, 11) is 6.65. The molecule has 0 saturated heterocycles. The zero-order valence-corrected chi connectivity index (χ0v) is 21.5. The molecule has 0 aromatic heterocycles. The van der Waals surface area contributed by atoms with Crippen LogP contribution in [0.25, 0.3) is 0 Å². The number of hydrogen-bond acceptors (Lipinski definition) is 5. The molecule has 3 aromatic rings. The molecule has 0 saturated carbocycles. The van der Waals surface area contributed by atoms with Gasteiger partial charge in [0, 0.05) is 31.1 Å². The van der Waals surface area contributed by atoms with Gasteiger partial charge in [-0.25, -0.2) is 0 Å². The highest BCUT2D eigenvalue weighted by Gasteiger charge is 2.44. The van der Waals surface area contributed by atoms with Gasteiger partial charge in [-0.15, -0.1) is 11.8 Å². The van der Waals surface area contributed by atoms with E-state index in [2.05, 4.69) is 0 Å². The van der Waals surface area contributed by atoms with Gasteiger partial charge in [-0.2, -0.15) is 0 Å². The summed E-state index contributed by atoms with van der Waals surface area (Å²) >= 11 is 1.65. The molecule has 1 aliphatic heterocycles. The summed E-state index contributed by atoms with van der Waals surface area (Å²) in [5, 5.41) is 0. The van der Waals surface area contributed by atoms with Crippen molar-refractivity contribution in [2.75, 3.05) is 34.6 Å². The van der Waals surface area contributed by atoms with Crippen molar-refractivity contribution in [3.63, 3.8) is 0 Å². The molecule has 0 unspecified atom stereocenters. The molecule has 0 spiro atoms. The van der Waals surface area contributed by atoms with Gasteiger partial charge in [0.2, 0.25) is 5.91 Å². The molecule has 2 amide bonds. The van der Waals surface area contributed by atoms with Gasteiger partial charge in [-0.3, -0.25) is 9.59 Å². The first-order valence-corrected chi connectivity index (χ1v) is 12.6. The van der Waals surface area contributed by atoms with Crippen LogP contribution in [0, 0.1) is 0 Å². The van der Waals surface area contributed by atoms with Crippen molar-refractivity contribution >= 4 is 23.6 Å². The van der Waals surface area contributed by atoms with Gasteiger partial charge in [-0.1, -0.05) is 42.5 Å². The predicted octanol–water partition coefficient (Wildman–Crippen LogP) is 4.99. The van der Waals surface area contributed by atoms with Crippen molar-refractivity contribution < 1.29 is 19.1 Å². The van der Waals surface area contributed by atoms with Crippen molar-refractivity contribution in [2.45, 2.75) is 23.4 Å². The van der Waals surface area contributed by atoms with Gasteiger partial charge in [0.15, 0.2) is 11.5 Å². The molecule has 1 aliphatic rings. The summed E-state index contributed by atoms with van der Waals surface area (Å²) in [6.07, 6.45) is 2.02. The lowest BCUT2D eigenvalue weighted by atomic mass is 9.79. The zero-order chi connectivity index (χ0) is 25.1. The van der Waals surface area contributed by atoms with E-state index in [0.29, 0.717) is 29.2 Å². The maximum absolute atomic E-state index is 14.1. The fraction of sp³-hybridized carbons (Fsp3) is 0.286. The SMILES string of the molecule is COc1cc2c(cc1OC)[C@@H](C(=O)N(C)Cc1ccccc1)[C@H](c1ccc(SC)cc1)N(C)C2=O. The van der Waals surface area contributed by atoms with E-state index in [1.54, 1.807) is 54.9 Å². The minimum Gasteiger partial charge on any atom is -0.493 e. The zero-order valence-electron chi connectivity index (χ0n) is 20.6. The molecular weight excluding hydrogens is 460 g/mol. The number of amides is 2. The second kappa shape index (κ2) is 10.4. The maximum atomic E-state index is 14.1. The van der Waals surface area contributed by atoms with E-state index < -0.39 is 12.0 Å². The summed E-state index contributed by atoms with van der Waals surface area (Å²) < 4.78 is 11.0. The number of nitrogens with zero attached hydrogens (tertiary/aromatic N) is 2. The molecule has 4 rings (SSSR count). The number of methoxy groups -OCH3 is 2. The number of likely N-dealkylation sites (N-methyl/N-ethyl adjacent to an activating group) is 2.